The molecule has 0 unspecified atom stereocenters. The third-order valence-corrected chi connectivity index (χ3v) is 7.43. The number of methoxy groups -OCH3 is 1. The quantitative estimate of drug-likeness (QED) is 0.874. The van der Waals surface area contributed by atoms with Gasteiger partial charge in [0.1, 0.15) is 5.60 Å². The molecule has 6 heteroatoms. The molecule has 3 aliphatic rings. The van der Waals surface area contributed by atoms with E-state index in [9.17, 15) is 4.79 Å². The lowest BCUT2D eigenvalue weighted by Gasteiger charge is -2.45. The van der Waals surface area contributed by atoms with Gasteiger partial charge in [0.15, 0.2) is 0 Å². The van der Waals surface area contributed by atoms with Crippen molar-refractivity contribution in [1.82, 2.24) is 4.90 Å². The number of carbonyl (C=O) groups excluding carboxylic acids is 1. The molecule has 3 atom stereocenters. The van der Waals surface area contributed by atoms with Crippen molar-refractivity contribution < 1.29 is 14.3 Å². The van der Waals surface area contributed by atoms with Crippen LogP contribution in [-0.4, -0.2) is 49.8 Å². The molecule has 1 aromatic rings. The van der Waals surface area contributed by atoms with Crippen LogP contribution in [0.25, 0.3) is 0 Å². The predicted octanol–water partition coefficient (Wildman–Crippen LogP) is 2.28. The minimum absolute atomic E-state index is 0.00851. The first kappa shape index (κ1) is 17.5. The minimum atomic E-state index is -0.150. The molecule has 2 N–H and O–H groups in total. The average Bonchev–Trinajstić information content (AvgIpc) is 3.13. The van der Waals surface area contributed by atoms with Crippen LogP contribution in [0.1, 0.15) is 42.5 Å². The summed E-state index contributed by atoms with van der Waals surface area (Å²) in [5.41, 5.74) is 7.39. The minimum Gasteiger partial charge on any atom is -0.380 e. The van der Waals surface area contributed by atoms with Gasteiger partial charge >= 0.3 is 0 Å². The largest absolute Gasteiger partial charge is 0.380 e. The number of hydrogen-bond donors (Lipinski definition) is 1. The summed E-state index contributed by atoms with van der Waals surface area (Å²) in [5.74, 6) is 0.342. The van der Waals surface area contributed by atoms with E-state index in [1.807, 2.05) is 16.2 Å². The Morgan fingerprint density at radius 2 is 2.20 bits per heavy atom. The van der Waals surface area contributed by atoms with Crippen molar-refractivity contribution >= 4 is 17.2 Å². The van der Waals surface area contributed by atoms with E-state index in [2.05, 4.69) is 11.4 Å². The first-order valence-corrected chi connectivity index (χ1v) is 10.3. The summed E-state index contributed by atoms with van der Waals surface area (Å²) in [7, 11) is 1.70. The highest BCUT2D eigenvalue weighted by molar-refractivity contribution is 7.10. The second kappa shape index (κ2) is 6.99. The number of carbonyl (C=O) groups is 1. The molecule has 1 spiro atoms. The number of hydrogen-bond acceptors (Lipinski definition) is 5. The lowest BCUT2D eigenvalue weighted by Crippen LogP contribution is -2.51. The van der Waals surface area contributed by atoms with E-state index in [0.717, 1.165) is 58.2 Å². The summed E-state index contributed by atoms with van der Waals surface area (Å²) in [4.78, 5) is 16.4. The lowest BCUT2D eigenvalue weighted by atomic mass is 9.81. The topological polar surface area (TPSA) is 64.8 Å². The maximum absolute atomic E-state index is 13.0. The Morgan fingerprint density at radius 3 is 2.96 bits per heavy atom. The maximum atomic E-state index is 13.0. The fraction of sp³-hybridized carbons (Fsp3) is 0.737. The van der Waals surface area contributed by atoms with E-state index in [1.54, 1.807) is 7.11 Å². The molecule has 138 valence electrons. The van der Waals surface area contributed by atoms with Crippen LogP contribution in [0.2, 0.25) is 0 Å². The zero-order valence-electron chi connectivity index (χ0n) is 14.9. The number of thiophene rings is 1. The molecule has 25 heavy (non-hydrogen) atoms. The van der Waals surface area contributed by atoms with Crippen LogP contribution in [0.15, 0.2) is 11.4 Å². The predicted molar refractivity (Wildman–Crippen MR) is 97.6 cm³/mol. The molecule has 1 aliphatic carbocycles. The fourth-order valence-corrected chi connectivity index (χ4v) is 5.89. The lowest BCUT2D eigenvalue weighted by molar-refractivity contribution is -0.147. The molecule has 1 amide bonds. The molecule has 1 saturated carbocycles. The van der Waals surface area contributed by atoms with E-state index in [0.29, 0.717) is 0 Å². The monoisotopic (exact) mass is 364 g/mol. The first-order chi connectivity index (χ1) is 12.1. The van der Waals surface area contributed by atoms with Gasteiger partial charge in [-0.15, -0.1) is 11.3 Å². The van der Waals surface area contributed by atoms with Gasteiger partial charge in [-0.05, 0) is 55.5 Å². The molecule has 1 saturated heterocycles. The number of rotatable bonds is 2. The smallest absolute Gasteiger partial charge is 0.225 e. The summed E-state index contributed by atoms with van der Waals surface area (Å²) in [6.07, 6.45) is 5.35. The molecule has 5 nitrogen and oxygen atoms in total. The maximum Gasteiger partial charge on any atom is 0.225 e. The highest BCUT2D eigenvalue weighted by Crippen LogP contribution is 2.44. The van der Waals surface area contributed by atoms with Crippen molar-refractivity contribution in [3.63, 3.8) is 0 Å². The van der Waals surface area contributed by atoms with Gasteiger partial charge in [0.25, 0.3) is 0 Å². The highest BCUT2D eigenvalue weighted by atomic mass is 32.1. The number of nitrogens with zero attached hydrogens (tertiary/aromatic N) is 1. The van der Waals surface area contributed by atoms with Gasteiger partial charge in [-0.3, -0.25) is 4.79 Å². The number of piperidine rings is 1. The van der Waals surface area contributed by atoms with E-state index < -0.39 is 0 Å². The van der Waals surface area contributed by atoms with Gasteiger partial charge in [-0.25, -0.2) is 0 Å². The van der Waals surface area contributed by atoms with Crippen LogP contribution < -0.4 is 5.73 Å². The van der Waals surface area contributed by atoms with Crippen LogP contribution in [0.5, 0.6) is 0 Å². The summed E-state index contributed by atoms with van der Waals surface area (Å²) in [6.45, 7) is 2.38. The second-order valence-electron chi connectivity index (χ2n) is 7.64. The van der Waals surface area contributed by atoms with Gasteiger partial charge < -0.3 is 20.1 Å². The standard InChI is InChI=1S/C19H28N2O3S/c1-23-16-12-14(2-3-15(16)20)18(22)21-8-6-19(7-9-21)17-13(4-10-24-19)5-11-25-17/h5,11,14-16H,2-4,6-10,12,20H2,1H3/t14-,15-,16-/m0/s1. The molecular formula is C19H28N2O3S. The Morgan fingerprint density at radius 1 is 1.40 bits per heavy atom. The zero-order valence-corrected chi connectivity index (χ0v) is 15.7. The van der Waals surface area contributed by atoms with Crippen molar-refractivity contribution in [2.45, 2.75) is 56.3 Å². The van der Waals surface area contributed by atoms with Gasteiger partial charge in [-0.2, -0.15) is 0 Å². The van der Waals surface area contributed by atoms with E-state index in [4.69, 9.17) is 15.2 Å². The molecule has 2 fully saturated rings. The normalized spacial score (nSPS) is 31.8. The van der Waals surface area contributed by atoms with Crippen LogP contribution in [0, 0.1) is 5.92 Å². The van der Waals surface area contributed by atoms with Crippen LogP contribution in [0.3, 0.4) is 0 Å². The van der Waals surface area contributed by atoms with E-state index in [1.165, 1.54) is 10.4 Å². The molecule has 0 radical (unpaired) electrons. The molecule has 0 aromatic carbocycles. The van der Waals surface area contributed by atoms with E-state index in [-0.39, 0.29) is 29.6 Å². The number of fused-ring (bicyclic) bond motifs is 2. The molecule has 1 aromatic heterocycles. The molecule has 0 bridgehead atoms. The SMILES string of the molecule is CO[C@H]1C[C@@H](C(=O)N2CCC3(CC2)OCCc2ccsc23)CC[C@@H]1N. The summed E-state index contributed by atoms with van der Waals surface area (Å²) in [6, 6.07) is 2.30. The van der Waals surface area contributed by atoms with Gasteiger partial charge in [0, 0.05) is 37.0 Å². The van der Waals surface area contributed by atoms with Crippen molar-refractivity contribution in [3.05, 3.63) is 21.9 Å². The Kier molecular flexibility index (Phi) is 4.88. The van der Waals surface area contributed by atoms with Crippen molar-refractivity contribution in [1.29, 1.82) is 0 Å². The van der Waals surface area contributed by atoms with Crippen LogP contribution in [0.4, 0.5) is 0 Å². The van der Waals surface area contributed by atoms with Gasteiger partial charge in [-0.1, -0.05) is 0 Å². The third kappa shape index (κ3) is 3.14. The Bertz CT molecular complexity index is 624. The second-order valence-corrected chi connectivity index (χ2v) is 8.56. The zero-order chi connectivity index (χ0) is 17.4. The molecule has 3 heterocycles. The highest BCUT2D eigenvalue weighted by Gasteiger charge is 2.44. The number of amides is 1. The summed E-state index contributed by atoms with van der Waals surface area (Å²) >= 11 is 1.81. The van der Waals surface area contributed by atoms with Gasteiger partial charge in [0.05, 0.1) is 12.7 Å². The first-order valence-electron chi connectivity index (χ1n) is 9.41. The number of ether oxygens (including phenoxy) is 2. The van der Waals surface area contributed by atoms with Crippen molar-refractivity contribution in [2.24, 2.45) is 11.7 Å². The Balaban J connectivity index is 1.40. The molecule has 2 aliphatic heterocycles. The fourth-order valence-electron chi connectivity index (χ4n) is 4.72. The molecular weight excluding hydrogens is 336 g/mol. The van der Waals surface area contributed by atoms with Crippen molar-refractivity contribution in [2.75, 3.05) is 26.8 Å². The Hall–Kier alpha value is -0.950. The third-order valence-electron chi connectivity index (χ3n) is 6.29. The average molecular weight is 365 g/mol. The van der Waals surface area contributed by atoms with Gasteiger partial charge in [0.2, 0.25) is 5.91 Å². The van der Waals surface area contributed by atoms with Crippen LogP contribution >= 0.6 is 11.3 Å². The number of nitrogens with two attached hydrogens (primary N) is 1. The summed E-state index contributed by atoms with van der Waals surface area (Å²) < 4.78 is 11.7. The van der Waals surface area contributed by atoms with Crippen molar-refractivity contribution in [3.8, 4) is 0 Å². The summed E-state index contributed by atoms with van der Waals surface area (Å²) in [5, 5.41) is 2.18. The molecule has 4 rings (SSSR count). The van der Waals surface area contributed by atoms with Crippen LogP contribution in [-0.2, 0) is 26.3 Å². The van der Waals surface area contributed by atoms with E-state index >= 15 is 0 Å². The Labute approximate surface area is 153 Å². The number of likely N-dealkylation sites (tertiary alicyclic amines) is 1.